The van der Waals surface area contributed by atoms with Crippen LogP contribution in [0.15, 0.2) is 58.0 Å². The standard InChI is InChI=1S/C20H16Cl3N5O2.C17H18Cl2N6O/c1-10-18(19(27-30-10)16-12(21)5-4-6-13(16)22)26-20(29)25-14-7-8-15(28(2)3)17(23)11(14)9-24;1-3-21-12-7-13(20)25(4-2)17-14(12)16(23-24-17)22-8-9-5-10(18)6-11(19)15(9)26/h4-8H,1-3H3,(H2,25,26,29);5-8H,3-4H2,1-2H3,(H4,20,21,22,23,24,26)/p+1. The lowest BCUT2D eigenvalue weighted by atomic mass is 10.1. The highest BCUT2D eigenvalue weighted by molar-refractivity contribution is 6.39. The number of nitrogens with zero attached hydrogens (tertiary/aromatic N) is 6. The van der Waals surface area contributed by atoms with E-state index in [9.17, 15) is 15.2 Å². The molecule has 0 spiro atoms. The molecular weight excluding hydrogens is 824 g/mol. The van der Waals surface area contributed by atoms with Crippen LogP contribution in [0.2, 0.25) is 25.1 Å². The zero-order chi connectivity index (χ0) is 40.8. The van der Waals surface area contributed by atoms with Gasteiger partial charge in [-0.05, 0) is 62.3 Å². The molecular formula is C37H35Cl5N11O3+. The molecule has 0 aliphatic carbocycles. The zero-order valence-electron chi connectivity index (χ0n) is 30.5. The second kappa shape index (κ2) is 18.0. The van der Waals surface area contributed by atoms with Gasteiger partial charge in [-0.3, -0.25) is 0 Å². The third kappa shape index (κ3) is 8.83. The maximum Gasteiger partial charge on any atom is 0.323 e. The van der Waals surface area contributed by atoms with E-state index in [4.69, 9.17) is 68.3 Å². The molecule has 3 heterocycles. The number of aromatic nitrogens is 4. The molecule has 0 saturated carbocycles. The summed E-state index contributed by atoms with van der Waals surface area (Å²) in [7, 11) is 3.61. The number of nitriles is 1. The molecule has 6 rings (SSSR count). The van der Waals surface area contributed by atoms with E-state index in [2.05, 4.69) is 36.3 Å². The molecule has 19 heteroatoms. The number of anilines is 5. The van der Waals surface area contributed by atoms with Crippen LogP contribution < -0.4 is 31.2 Å². The Kier molecular flexibility index (Phi) is 13.4. The van der Waals surface area contributed by atoms with Gasteiger partial charge < -0.3 is 36.2 Å². The highest BCUT2D eigenvalue weighted by Gasteiger charge is 2.23. The summed E-state index contributed by atoms with van der Waals surface area (Å²) in [4.78, 5) is 18.9. The molecule has 0 aliphatic rings. The molecule has 7 N–H and O–H groups in total. The Labute approximate surface area is 346 Å². The minimum atomic E-state index is -0.615. The number of aryl methyl sites for hydroxylation is 2. The summed E-state index contributed by atoms with van der Waals surface area (Å²) in [6.07, 6.45) is 1.49. The quantitative estimate of drug-likeness (QED) is 0.0605. The number of nitrogen functional groups attached to an aromatic ring is 1. The number of pyridine rings is 1. The van der Waals surface area contributed by atoms with Gasteiger partial charge in [0.1, 0.15) is 28.6 Å². The number of phenols is 1. The Bertz CT molecular complexity index is 2490. The molecule has 0 radical (unpaired) electrons. The molecule has 0 aliphatic heterocycles. The number of carbonyl (C=O) groups is 1. The van der Waals surface area contributed by atoms with Gasteiger partial charge in [0.15, 0.2) is 11.6 Å². The molecule has 290 valence electrons. The summed E-state index contributed by atoms with van der Waals surface area (Å²) in [6.45, 7) is 7.03. The van der Waals surface area contributed by atoms with E-state index in [1.54, 1.807) is 62.3 Å². The van der Waals surface area contributed by atoms with Crippen molar-refractivity contribution in [2.24, 2.45) is 4.99 Å². The van der Waals surface area contributed by atoms with Gasteiger partial charge in [0, 0.05) is 49.1 Å². The molecule has 0 atom stereocenters. The summed E-state index contributed by atoms with van der Waals surface area (Å²) in [5, 5.41) is 41.8. The van der Waals surface area contributed by atoms with Gasteiger partial charge in [0.2, 0.25) is 5.82 Å². The Morgan fingerprint density at radius 2 is 1.79 bits per heavy atom. The third-order valence-corrected chi connectivity index (χ3v) is 9.71. The maximum atomic E-state index is 12.7. The lowest BCUT2D eigenvalue weighted by Crippen LogP contribution is -2.37. The number of phenolic OH excluding ortho intramolecular Hbond substituents is 1. The van der Waals surface area contributed by atoms with E-state index >= 15 is 0 Å². The number of rotatable bonds is 9. The molecule has 3 aromatic carbocycles. The highest BCUT2D eigenvalue weighted by Crippen LogP contribution is 2.40. The Hall–Kier alpha value is -5.43. The van der Waals surface area contributed by atoms with E-state index in [0.717, 1.165) is 17.6 Å². The second-order valence-electron chi connectivity index (χ2n) is 12.1. The summed E-state index contributed by atoms with van der Waals surface area (Å²) in [6, 6.07) is 14.6. The van der Waals surface area contributed by atoms with E-state index in [1.807, 2.05) is 30.6 Å². The number of aromatic hydroxyl groups is 1. The predicted molar refractivity (Wildman–Crippen MR) is 226 cm³/mol. The molecule has 56 heavy (non-hydrogen) atoms. The van der Waals surface area contributed by atoms with Crippen LogP contribution in [0.5, 0.6) is 5.75 Å². The van der Waals surface area contributed by atoms with Crippen molar-refractivity contribution in [3.63, 3.8) is 0 Å². The maximum absolute atomic E-state index is 12.7. The highest BCUT2D eigenvalue weighted by atomic mass is 35.5. The fourth-order valence-electron chi connectivity index (χ4n) is 5.57. The van der Waals surface area contributed by atoms with E-state index in [0.29, 0.717) is 72.9 Å². The smallest absolute Gasteiger partial charge is 0.323 e. The largest absolute Gasteiger partial charge is 0.506 e. The van der Waals surface area contributed by atoms with Crippen LogP contribution in [0.25, 0.3) is 22.3 Å². The van der Waals surface area contributed by atoms with Crippen molar-refractivity contribution in [1.82, 2.24) is 15.4 Å². The first-order valence-corrected chi connectivity index (χ1v) is 18.6. The average Bonchev–Trinajstić information content (AvgIpc) is 3.72. The first kappa shape index (κ1) is 41.7. The number of hydrogen-bond donors (Lipinski definition) is 6. The summed E-state index contributed by atoms with van der Waals surface area (Å²) < 4.78 is 7.12. The van der Waals surface area contributed by atoms with Crippen molar-refractivity contribution in [2.75, 3.05) is 47.2 Å². The Morgan fingerprint density at radius 1 is 1.07 bits per heavy atom. The number of aliphatic imine (C=N–C) groups is 1. The van der Waals surface area contributed by atoms with E-state index in [-0.39, 0.29) is 27.0 Å². The van der Waals surface area contributed by atoms with Crippen LogP contribution in [-0.2, 0) is 6.54 Å². The van der Waals surface area contributed by atoms with Crippen molar-refractivity contribution in [2.45, 2.75) is 27.3 Å². The SMILES string of the molecule is CCNc1cc(N)[n+](CC)c2n[nH]c(/N=C/c3cc(Cl)cc(Cl)c3O)c12.Cc1onc(-c2c(Cl)cccc2Cl)c1NC(=O)Nc1ccc(N(C)C)c(Cl)c1C#N. The lowest BCUT2D eigenvalue weighted by molar-refractivity contribution is -0.655. The van der Waals surface area contributed by atoms with Gasteiger partial charge in [0.05, 0.1) is 49.3 Å². The fraction of sp³-hybridized carbons (Fsp3) is 0.189. The normalized spacial score (nSPS) is 10.9. The van der Waals surface area contributed by atoms with Crippen molar-refractivity contribution < 1.29 is 19.0 Å². The number of nitrogens with one attached hydrogen (secondary N) is 4. The summed E-state index contributed by atoms with van der Waals surface area (Å²) in [5.41, 5.74) is 10.2. The molecule has 3 aromatic heterocycles. The average molecular weight is 859 g/mol. The number of hydrogen-bond acceptors (Lipinski definition) is 10. The summed E-state index contributed by atoms with van der Waals surface area (Å²) in [5.74, 6) is 1.42. The number of amides is 2. The van der Waals surface area contributed by atoms with Crippen molar-refractivity contribution in [1.29, 1.82) is 5.26 Å². The van der Waals surface area contributed by atoms with Crippen LogP contribution in [0, 0.1) is 18.3 Å². The Morgan fingerprint density at radius 3 is 2.43 bits per heavy atom. The fourth-order valence-corrected chi connectivity index (χ4v) is 7.03. The Balaban J connectivity index is 0.000000216. The number of nitrogens with two attached hydrogens (primary N) is 1. The number of carbonyl (C=O) groups excluding carboxylic acids is 1. The van der Waals surface area contributed by atoms with Gasteiger partial charge in [0.25, 0.3) is 5.65 Å². The zero-order valence-corrected chi connectivity index (χ0v) is 34.3. The number of halogens is 5. The topological polar surface area (TPSA) is 197 Å². The second-order valence-corrected chi connectivity index (χ2v) is 14.1. The minimum Gasteiger partial charge on any atom is -0.506 e. The van der Waals surface area contributed by atoms with Crippen molar-refractivity contribution >= 4 is 116 Å². The first-order valence-electron chi connectivity index (χ1n) is 16.7. The molecule has 6 aromatic rings. The van der Waals surface area contributed by atoms with E-state index < -0.39 is 6.03 Å². The van der Waals surface area contributed by atoms with Crippen LogP contribution >= 0.6 is 58.0 Å². The third-order valence-electron chi connectivity index (χ3n) is 8.20. The number of aromatic amines is 1. The van der Waals surface area contributed by atoms with Crippen LogP contribution in [0.1, 0.15) is 30.7 Å². The molecule has 2 amide bonds. The molecule has 0 saturated heterocycles. The van der Waals surface area contributed by atoms with E-state index in [1.165, 1.54) is 12.3 Å². The molecule has 14 nitrogen and oxygen atoms in total. The monoisotopic (exact) mass is 856 g/mol. The number of H-pyrrole nitrogens is 1. The van der Waals surface area contributed by atoms with Crippen LogP contribution in [0.4, 0.5) is 39.2 Å². The van der Waals surface area contributed by atoms with Crippen LogP contribution in [0.3, 0.4) is 0 Å². The van der Waals surface area contributed by atoms with Gasteiger partial charge in [-0.15, -0.1) is 0 Å². The lowest BCUT2D eigenvalue weighted by Gasteiger charge is -2.17. The first-order chi connectivity index (χ1) is 26.7. The van der Waals surface area contributed by atoms with Crippen molar-refractivity contribution in [3.05, 3.63) is 90.5 Å². The van der Waals surface area contributed by atoms with Crippen molar-refractivity contribution in [3.8, 4) is 23.1 Å². The molecule has 0 fully saturated rings. The molecule has 0 bridgehead atoms. The van der Waals surface area contributed by atoms with Gasteiger partial charge in [-0.25, -0.2) is 14.4 Å². The number of fused-ring (bicyclic) bond motifs is 1. The number of urea groups is 1. The predicted octanol–water partition coefficient (Wildman–Crippen LogP) is 9.84. The molecule has 0 unspecified atom stereocenters. The van der Waals surface area contributed by atoms with Gasteiger partial charge in [-0.2, -0.15) is 10.4 Å². The minimum absolute atomic E-state index is 0.0802. The van der Waals surface area contributed by atoms with Gasteiger partial charge in [-0.1, -0.05) is 69.2 Å². The van der Waals surface area contributed by atoms with Crippen LogP contribution in [-0.4, -0.2) is 53.3 Å². The summed E-state index contributed by atoms with van der Waals surface area (Å²) >= 11 is 30.8. The van der Waals surface area contributed by atoms with Gasteiger partial charge >= 0.3 is 6.03 Å². The number of benzene rings is 3.